The Morgan fingerprint density at radius 3 is 2.35 bits per heavy atom. The summed E-state index contributed by atoms with van der Waals surface area (Å²) in [4.78, 5) is 14.8. The van der Waals surface area contributed by atoms with E-state index < -0.39 is 23.7 Å². The summed E-state index contributed by atoms with van der Waals surface area (Å²) in [5.41, 5.74) is -2.86. The Morgan fingerprint density at radius 1 is 1.12 bits per heavy atom. The first-order valence-electron chi connectivity index (χ1n) is 10.0. The van der Waals surface area contributed by atoms with E-state index in [1.807, 2.05) is 0 Å². The van der Waals surface area contributed by atoms with Crippen molar-refractivity contribution in [1.82, 2.24) is 4.98 Å². The van der Waals surface area contributed by atoms with Crippen molar-refractivity contribution in [2.75, 3.05) is 7.11 Å². The fourth-order valence-corrected chi connectivity index (χ4v) is 3.93. The van der Waals surface area contributed by atoms with Gasteiger partial charge in [-0.25, -0.2) is 4.79 Å². The van der Waals surface area contributed by atoms with Crippen LogP contribution in [-0.4, -0.2) is 34.5 Å². The number of benzene rings is 2. The van der Waals surface area contributed by atoms with Gasteiger partial charge in [0.05, 0.1) is 12.7 Å². The zero-order valence-electron chi connectivity index (χ0n) is 18.1. The Morgan fingerprint density at radius 2 is 1.79 bits per heavy atom. The number of methoxy groups -OCH3 is 1. The molecular weight excluding hydrogens is 475 g/mol. The second-order valence-corrected chi connectivity index (χ2v) is 7.93. The molecule has 3 aromatic rings. The molecule has 1 aromatic heterocycles. The van der Waals surface area contributed by atoms with Crippen molar-refractivity contribution in [3.63, 3.8) is 0 Å². The van der Waals surface area contributed by atoms with E-state index in [1.54, 1.807) is 6.07 Å². The molecule has 2 aromatic carbocycles. The summed E-state index contributed by atoms with van der Waals surface area (Å²) >= 11 is 6.30. The maximum absolute atomic E-state index is 14.0. The monoisotopic (exact) mass is 495 g/mol. The number of ether oxygens (including phenoxy) is 2. The van der Waals surface area contributed by atoms with Crippen LogP contribution in [0.5, 0.6) is 11.5 Å². The summed E-state index contributed by atoms with van der Waals surface area (Å²) in [5, 5.41) is 19.9. The smallest absolute Gasteiger partial charge is 0.422 e. The maximum Gasteiger partial charge on any atom is 0.422 e. The van der Waals surface area contributed by atoms with Gasteiger partial charge in [0.2, 0.25) is 0 Å². The topological polar surface area (TPSA) is 88.9 Å². The van der Waals surface area contributed by atoms with E-state index in [2.05, 4.69) is 4.98 Å². The number of rotatable bonds is 8. The van der Waals surface area contributed by atoms with Gasteiger partial charge in [0, 0.05) is 28.9 Å². The van der Waals surface area contributed by atoms with Crippen LogP contribution in [0.2, 0.25) is 5.02 Å². The van der Waals surface area contributed by atoms with Gasteiger partial charge in [-0.3, -0.25) is 4.98 Å². The first kappa shape index (κ1) is 25.3. The predicted octanol–water partition coefficient (Wildman–Crippen LogP) is 5.57. The Hall–Kier alpha value is -3.30. The third kappa shape index (κ3) is 4.95. The molecule has 0 saturated heterocycles. The van der Waals surface area contributed by atoms with Gasteiger partial charge in [-0.1, -0.05) is 30.7 Å². The molecule has 6 nitrogen and oxygen atoms in total. The minimum Gasteiger partial charge on any atom is -0.496 e. The van der Waals surface area contributed by atoms with Gasteiger partial charge in [-0.2, -0.15) is 13.2 Å². The molecule has 180 valence electrons. The van der Waals surface area contributed by atoms with Crippen LogP contribution in [0.1, 0.15) is 39.9 Å². The van der Waals surface area contributed by atoms with Crippen LogP contribution in [0.3, 0.4) is 0 Å². The van der Waals surface area contributed by atoms with Gasteiger partial charge in [0.15, 0.2) is 5.60 Å². The number of hydrogen-bond donors (Lipinski definition) is 2. The molecule has 34 heavy (non-hydrogen) atoms. The van der Waals surface area contributed by atoms with Crippen molar-refractivity contribution in [1.29, 1.82) is 0 Å². The van der Waals surface area contributed by atoms with Crippen LogP contribution < -0.4 is 9.47 Å². The van der Waals surface area contributed by atoms with E-state index in [0.717, 1.165) is 12.1 Å². The first-order chi connectivity index (χ1) is 16.0. The number of hydrogen-bond acceptors (Lipinski definition) is 5. The lowest BCUT2D eigenvalue weighted by atomic mass is 9.78. The van der Waals surface area contributed by atoms with Crippen molar-refractivity contribution in [3.05, 3.63) is 88.2 Å². The molecule has 0 aliphatic carbocycles. The minimum absolute atomic E-state index is 0.00218. The van der Waals surface area contributed by atoms with Crippen LogP contribution in [0.4, 0.5) is 13.2 Å². The normalized spacial score (nSPS) is 14.2. The summed E-state index contributed by atoms with van der Waals surface area (Å²) in [7, 11) is 1.39. The molecule has 0 aliphatic heterocycles. The summed E-state index contributed by atoms with van der Waals surface area (Å²) < 4.78 is 52.9. The molecule has 0 fully saturated rings. The molecule has 2 N–H and O–H groups in total. The highest BCUT2D eigenvalue weighted by Gasteiger charge is 2.58. The molecular formula is C24H21ClF3NO5. The number of carboxylic acid groups (broad SMARTS) is 1. The van der Waals surface area contributed by atoms with Crippen LogP contribution in [0, 0.1) is 0 Å². The highest BCUT2D eigenvalue weighted by Crippen LogP contribution is 2.49. The second kappa shape index (κ2) is 9.90. The van der Waals surface area contributed by atoms with E-state index >= 15 is 0 Å². The molecule has 1 heterocycles. The molecule has 2 atom stereocenters. The third-order valence-electron chi connectivity index (χ3n) is 5.55. The van der Waals surface area contributed by atoms with E-state index in [0.29, 0.717) is 11.3 Å². The van der Waals surface area contributed by atoms with Crippen LogP contribution in [-0.2, 0) is 12.2 Å². The number of nitrogens with zero attached hydrogens (tertiary/aromatic N) is 1. The molecule has 0 amide bonds. The number of aromatic nitrogens is 1. The van der Waals surface area contributed by atoms with E-state index in [4.69, 9.17) is 26.2 Å². The molecule has 3 rings (SSSR count). The van der Waals surface area contributed by atoms with Gasteiger partial charge in [-0.05, 0) is 47.5 Å². The zero-order valence-corrected chi connectivity index (χ0v) is 18.9. The summed E-state index contributed by atoms with van der Waals surface area (Å²) in [6.07, 6.45) is -2.63. The van der Waals surface area contributed by atoms with Gasteiger partial charge < -0.3 is 19.7 Å². The standard InChI is InChI=1S/C24H21ClF3NO5/c1-14(23(32,24(26,27)28)17-7-9-29-10-8-17)19-6-5-18(12-20(19)25)34-13-16-4-3-15(22(30)31)11-21(16)33-2/h3-12,14,32H,13H2,1-2H3,(H,30,31). The number of carbonyl (C=O) groups is 1. The number of pyridine rings is 1. The van der Waals surface area contributed by atoms with Gasteiger partial charge in [-0.15, -0.1) is 0 Å². The molecule has 0 spiro atoms. The lowest BCUT2D eigenvalue weighted by molar-refractivity contribution is -0.274. The summed E-state index contributed by atoms with van der Waals surface area (Å²) in [6.45, 7) is 1.24. The lowest BCUT2D eigenvalue weighted by Crippen LogP contribution is -2.46. The van der Waals surface area contributed by atoms with Gasteiger partial charge in [0.1, 0.15) is 18.1 Å². The molecule has 0 aliphatic rings. The fourth-order valence-electron chi connectivity index (χ4n) is 3.60. The maximum atomic E-state index is 14.0. The average molecular weight is 496 g/mol. The number of alkyl halides is 3. The lowest BCUT2D eigenvalue weighted by Gasteiger charge is -2.36. The summed E-state index contributed by atoms with van der Waals surface area (Å²) in [5.74, 6) is -1.97. The quantitative estimate of drug-likeness (QED) is 0.424. The number of carboxylic acids is 1. The fraction of sp³-hybridized carbons (Fsp3) is 0.250. The van der Waals surface area contributed by atoms with Crippen molar-refractivity contribution in [2.24, 2.45) is 0 Å². The molecule has 0 saturated carbocycles. The third-order valence-corrected chi connectivity index (χ3v) is 5.87. The predicted molar refractivity (Wildman–Crippen MR) is 118 cm³/mol. The van der Waals surface area contributed by atoms with Gasteiger partial charge >= 0.3 is 12.1 Å². The molecule has 0 bridgehead atoms. The van der Waals surface area contributed by atoms with Crippen LogP contribution in [0.15, 0.2) is 60.9 Å². The molecule has 2 unspecified atom stereocenters. The van der Waals surface area contributed by atoms with Crippen molar-refractivity contribution >= 4 is 17.6 Å². The van der Waals surface area contributed by atoms with Crippen molar-refractivity contribution < 1.29 is 37.7 Å². The Kier molecular flexibility index (Phi) is 7.38. The highest BCUT2D eigenvalue weighted by molar-refractivity contribution is 6.31. The summed E-state index contributed by atoms with van der Waals surface area (Å²) in [6, 6.07) is 10.7. The van der Waals surface area contributed by atoms with Crippen molar-refractivity contribution in [2.45, 2.75) is 31.2 Å². The van der Waals surface area contributed by atoms with E-state index in [9.17, 15) is 23.1 Å². The Labute approximate surface area is 198 Å². The van der Waals surface area contributed by atoms with E-state index in [-0.39, 0.29) is 34.1 Å². The van der Waals surface area contributed by atoms with Crippen molar-refractivity contribution in [3.8, 4) is 11.5 Å². The van der Waals surface area contributed by atoms with Crippen LogP contribution >= 0.6 is 11.6 Å². The average Bonchev–Trinajstić information content (AvgIpc) is 2.81. The SMILES string of the molecule is COc1cc(C(=O)O)ccc1COc1ccc(C(C)C(O)(c2ccncc2)C(F)(F)F)c(Cl)c1. The van der Waals surface area contributed by atoms with Crippen LogP contribution in [0.25, 0.3) is 0 Å². The molecule has 0 radical (unpaired) electrons. The highest BCUT2D eigenvalue weighted by atomic mass is 35.5. The zero-order chi connectivity index (χ0) is 25.1. The molecule has 10 heteroatoms. The number of aromatic carboxylic acids is 1. The van der Waals surface area contributed by atoms with E-state index in [1.165, 1.54) is 56.8 Å². The Bertz CT molecular complexity index is 1170. The second-order valence-electron chi connectivity index (χ2n) is 7.53. The number of aliphatic hydroxyl groups is 1. The number of halogens is 4. The Balaban J connectivity index is 1.85. The minimum atomic E-state index is -4.98. The van der Waals surface area contributed by atoms with Gasteiger partial charge in [0.25, 0.3) is 0 Å². The largest absolute Gasteiger partial charge is 0.496 e. The first-order valence-corrected chi connectivity index (χ1v) is 10.4.